The van der Waals surface area contributed by atoms with Gasteiger partial charge in [0.25, 0.3) is 0 Å². The van der Waals surface area contributed by atoms with Gasteiger partial charge in [0.1, 0.15) is 17.4 Å². The molecule has 3 nitrogen and oxygen atoms in total. The Kier molecular flexibility index (Phi) is 1.34. The first-order valence-corrected chi connectivity index (χ1v) is 3.66. The number of rotatable bonds is 0. The number of pyridine rings is 1. The Morgan fingerprint density at radius 1 is 1.50 bits per heavy atom. The Bertz CT molecular complexity index is 462. The second-order valence-electron chi connectivity index (χ2n) is 2.62. The van der Waals surface area contributed by atoms with Gasteiger partial charge in [0.05, 0.1) is 6.20 Å². The summed E-state index contributed by atoms with van der Waals surface area (Å²) in [5.41, 5.74) is 2.44. The average molecular weight is 157 g/mol. The Balaban J connectivity index is 2.95. The van der Waals surface area contributed by atoms with Crippen LogP contribution in [0.4, 0.5) is 0 Å². The van der Waals surface area contributed by atoms with Crippen LogP contribution < -0.4 is 0 Å². The Labute approximate surface area is 69.9 Å². The summed E-state index contributed by atoms with van der Waals surface area (Å²) in [6.07, 6.45) is 1.59. The van der Waals surface area contributed by atoms with Crippen molar-refractivity contribution in [3.8, 4) is 6.07 Å². The molecule has 0 aliphatic carbocycles. The Morgan fingerprint density at radius 3 is 3.08 bits per heavy atom. The van der Waals surface area contributed by atoms with Gasteiger partial charge in [-0.05, 0) is 19.1 Å². The van der Waals surface area contributed by atoms with E-state index in [0.717, 1.165) is 11.3 Å². The third-order valence-electron chi connectivity index (χ3n) is 1.84. The van der Waals surface area contributed by atoms with Crippen LogP contribution in [0.25, 0.3) is 5.65 Å². The smallest absolute Gasteiger partial charge is 0.144 e. The highest BCUT2D eigenvalue weighted by molar-refractivity contribution is 5.44. The standard InChI is InChI=1S/C9H7N3/c1-7-3-2-4-9-11-6-8(5-10)12(7)9/h2-4,6H,1H3. The van der Waals surface area contributed by atoms with E-state index in [9.17, 15) is 0 Å². The van der Waals surface area contributed by atoms with E-state index in [0.29, 0.717) is 5.69 Å². The van der Waals surface area contributed by atoms with Gasteiger partial charge in [-0.15, -0.1) is 0 Å². The van der Waals surface area contributed by atoms with Crippen LogP contribution in [0.3, 0.4) is 0 Å². The molecule has 2 aromatic heterocycles. The summed E-state index contributed by atoms with van der Waals surface area (Å²) in [7, 11) is 0. The molecule has 3 heteroatoms. The molecule has 0 amide bonds. The van der Waals surface area contributed by atoms with Crippen molar-refractivity contribution in [3.05, 3.63) is 35.8 Å². The molecule has 12 heavy (non-hydrogen) atoms. The first-order valence-electron chi connectivity index (χ1n) is 3.66. The highest BCUT2D eigenvalue weighted by Gasteiger charge is 2.02. The van der Waals surface area contributed by atoms with Crippen LogP contribution in [0.5, 0.6) is 0 Å². The van der Waals surface area contributed by atoms with Crippen molar-refractivity contribution in [2.24, 2.45) is 0 Å². The number of nitrogens with zero attached hydrogens (tertiary/aromatic N) is 3. The maximum absolute atomic E-state index is 8.74. The van der Waals surface area contributed by atoms with E-state index in [-0.39, 0.29) is 0 Å². The van der Waals surface area contributed by atoms with Crippen LogP contribution in [0.1, 0.15) is 11.4 Å². The first-order chi connectivity index (χ1) is 5.83. The fraction of sp³-hybridized carbons (Fsp3) is 0.111. The summed E-state index contributed by atoms with van der Waals surface area (Å²) in [5.74, 6) is 0. The Morgan fingerprint density at radius 2 is 2.33 bits per heavy atom. The monoisotopic (exact) mass is 157 g/mol. The van der Waals surface area contributed by atoms with Crippen molar-refractivity contribution < 1.29 is 0 Å². The third-order valence-corrected chi connectivity index (χ3v) is 1.84. The highest BCUT2D eigenvalue weighted by Crippen LogP contribution is 2.08. The molecule has 58 valence electrons. The van der Waals surface area contributed by atoms with Crippen molar-refractivity contribution in [2.75, 3.05) is 0 Å². The maximum Gasteiger partial charge on any atom is 0.144 e. The fourth-order valence-corrected chi connectivity index (χ4v) is 1.28. The minimum Gasteiger partial charge on any atom is -0.288 e. The van der Waals surface area contributed by atoms with Crippen LogP contribution in [-0.2, 0) is 0 Å². The molecule has 0 saturated carbocycles. The van der Waals surface area contributed by atoms with Crippen LogP contribution >= 0.6 is 0 Å². The lowest BCUT2D eigenvalue weighted by molar-refractivity contribution is 1.07. The predicted octanol–water partition coefficient (Wildman–Crippen LogP) is 1.51. The SMILES string of the molecule is Cc1cccc2ncc(C#N)n12. The largest absolute Gasteiger partial charge is 0.288 e. The molecular weight excluding hydrogens is 150 g/mol. The molecule has 0 radical (unpaired) electrons. The zero-order chi connectivity index (χ0) is 8.55. The first kappa shape index (κ1) is 6.86. The van der Waals surface area contributed by atoms with Gasteiger partial charge in [0.15, 0.2) is 0 Å². The van der Waals surface area contributed by atoms with Gasteiger partial charge in [-0.1, -0.05) is 6.07 Å². The molecule has 0 saturated heterocycles. The van der Waals surface area contributed by atoms with E-state index in [4.69, 9.17) is 5.26 Å². The Hall–Kier alpha value is -1.82. The van der Waals surface area contributed by atoms with E-state index < -0.39 is 0 Å². The minimum atomic E-state index is 0.586. The fourth-order valence-electron chi connectivity index (χ4n) is 1.28. The zero-order valence-electron chi connectivity index (χ0n) is 6.65. The molecule has 2 heterocycles. The van der Waals surface area contributed by atoms with Crippen LogP contribution in [-0.4, -0.2) is 9.38 Å². The molecule has 0 N–H and O–H groups in total. The van der Waals surface area contributed by atoms with Gasteiger partial charge in [-0.25, -0.2) is 4.98 Å². The second-order valence-corrected chi connectivity index (χ2v) is 2.62. The summed E-state index contributed by atoms with van der Waals surface area (Å²) < 4.78 is 1.83. The maximum atomic E-state index is 8.74. The van der Waals surface area contributed by atoms with Gasteiger partial charge in [-0.3, -0.25) is 4.40 Å². The molecule has 0 aromatic carbocycles. The van der Waals surface area contributed by atoms with Crippen molar-refractivity contribution in [1.29, 1.82) is 5.26 Å². The lowest BCUT2D eigenvalue weighted by Crippen LogP contribution is -1.92. The van der Waals surface area contributed by atoms with Crippen LogP contribution in [0.15, 0.2) is 24.4 Å². The van der Waals surface area contributed by atoms with Crippen molar-refractivity contribution in [2.45, 2.75) is 6.92 Å². The van der Waals surface area contributed by atoms with Gasteiger partial charge < -0.3 is 0 Å². The number of nitriles is 1. The van der Waals surface area contributed by atoms with Crippen molar-refractivity contribution >= 4 is 5.65 Å². The van der Waals surface area contributed by atoms with E-state index in [1.165, 1.54) is 0 Å². The van der Waals surface area contributed by atoms with Gasteiger partial charge in [0.2, 0.25) is 0 Å². The number of imidazole rings is 1. The number of aromatic nitrogens is 2. The van der Waals surface area contributed by atoms with Crippen molar-refractivity contribution in [3.63, 3.8) is 0 Å². The molecule has 0 unspecified atom stereocenters. The third kappa shape index (κ3) is 0.785. The molecule has 0 fully saturated rings. The van der Waals surface area contributed by atoms with E-state index in [2.05, 4.69) is 11.1 Å². The molecule has 0 aliphatic rings. The van der Waals surface area contributed by atoms with Gasteiger partial charge in [0, 0.05) is 5.69 Å². The molecule has 2 aromatic rings. The lowest BCUT2D eigenvalue weighted by atomic mass is 10.3. The highest BCUT2D eigenvalue weighted by atomic mass is 15.0. The molecular formula is C9H7N3. The van der Waals surface area contributed by atoms with Gasteiger partial charge in [-0.2, -0.15) is 5.26 Å². The van der Waals surface area contributed by atoms with Crippen molar-refractivity contribution in [1.82, 2.24) is 9.38 Å². The normalized spacial score (nSPS) is 10.0. The summed E-state index contributed by atoms with van der Waals surface area (Å²) in [6, 6.07) is 7.86. The number of fused-ring (bicyclic) bond motifs is 1. The summed E-state index contributed by atoms with van der Waals surface area (Å²) in [4.78, 5) is 4.09. The molecule has 0 aliphatic heterocycles. The summed E-state index contributed by atoms with van der Waals surface area (Å²) in [6.45, 7) is 1.95. The van der Waals surface area contributed by atoms with Gasteiger partial charge >= 0.3 is 0 Å². The van der Waals surface area contributed by atoms with E-state index >= 15 is 0 Å². The minimum absolute atomic E-state index is 0.586. The van der Waals surface area contributed by atoms with E-state index in [1.54, 1.807) is 6.20 Å². The van der Waals surface area contributed by atoms with Crippen LogP contribution in [0, 0.1) is 18.3 Å². The summed E-state index contributed by atoms with van der Waals surface area (Å²) in [5, 5.41) is 8.74. The molecule has 2 rings (SSSR count). The number of aryl methyl sites for hydroxylation is 1. The summed E-state index contributed by atoms with van der Waals surface area (Å²) >= 11 is 0. The second kappa shape index (κ2) is 2.35. The molecule has 0 bridgehead atoms. The molecule has 0 atom stereocenters. The van der Waals surface area contributed by atoms with Crippen LogP contribution in [0.2, 0.25) is 0 Å². The topological polar surface area (TPSA) is 41.1 Å². The van der Waals surface area contributed by atoms with E-state index in [1.807, 2.05) is 29.5 Å². The zero-order valence-corrected chi connectivity index (χ0v) is 6.65. The molecule has 0 spiro atoms. The predicted molar refractivity (Wildman–Crippen MR) is 44.6 cm³/mol. The number of hydrogen-bond acceptors (Lipinski definition) is 2. The average Bonchev–Trinajstić information content (AvgIpc) is 2.49. The quantitative estimate of drug-likeness (QED) is 0.581. The lowest BCUT2D eigenvalue weighted by Gasteiger charge is -1.98. The number of hydrogen-bond donors (Lipinski definition) is 0.